The Morgan fingerprint density at radius 2 is 2.12 bits per heavy atom. The molecule has 1 aromatic carbocycles. The Hall–Kier alpha value is -1.82. The van der Waals surface area contributed by atoms with Crippen molar-refractivity contribution in [1.82, 2.24) is 0 Å². The third-order valence-corrected chi connectivity index (χ3v) is 1.96. The number of nitrogens with two attached hydrogens (primary N) is 1. The minimum Gasteiger partial charge on any atom is -0.492 e. The van der Waals surface area contributed by atoms with Crippen LogP contribution in [0, 0.1) is 10.1 Å². The summed E-state index contributed by atoms with van der Waals surface area (Å²) in [6.45, 7) is 3.97. The second-order valence-electron chi connectivity index (χ2n) is 4.37. The highest BCUT2D eigenvalue weighted by Gasteiger charge is 2.16. The summed E-state index contributed by atoms with van der Waals surface area (Å²) in [5, 5.41) is 10.7. The lowest BCUT2D eigenvalue weighted by molar-refractivity contribution is -0.385. The average molecular weight is 240 g/mol. The molecule has 6 nitrogen and oxygen atoms in total. The molecular formula is C11H16N2O4. The zero-order chi connectivity index (χ0) is 13.1. The predicted molar refractivity (Wildman–Crippen MR) is 63.4 cm³/mol. The summed E-state index contributed by atoms with van der Waals surface area (Å²) in [6, 6.07) is 4.34. The van der Waals surface area contributed by atoms with Gasteiger partial charge in [-0.1, -0.05) is 0 Å². The summed E-state index contributed by atoms with van der Waals surface area (Å²) < 4.78 is 10.3. The lowest BCUT2D eigenvalue weighted by Crippen LogP contribution is -2.38. The van der Waals surface area contributed by atoms with Crippen LogP contribution in [0.2, 0.25) is 0 Å². The number of hydrogen-bond donors (Lipinski definition) is 1. The molecule has 0 unspecified atom stereocenters. The van der Waals surface area contributed by atoms with Crippen LogP contribution in [0.1, 0.15) is 13.8 Å². The second kappa shape index (κ2) is 5.01. The molecule has 0 aliphatic carbocycles. The van der Waals surface area contributed by atoms with Gasteiger partial charge in [-0.15, -0.1) is 0 Å². The first-order valence-electron chi connectivity index (χ1n) is 5.07. The molecule has 0 amide bonds. The van der Waals surface area contributed by atoms with Gasteiger partial charge in [0, 0.05) is 17.7 Å². The van der Waals surface area contributed by atoms with Gasteiger partial charge < -0.3 is 15.2 Å². The molecule has 0 heterocycles. The van der Waals surface area contributed by atoms with E-state index < -0.39 is 10.5 Å². The standard InChI is InChI=1S/C11H16N2O4/c1-11(2,12)7-17-8-4-5-9(13(14)15)10(6-8)16-3/h4-6H,7,12H2,1-3H3. The minimum absolute atomic E-state index is 0.0909. The Labute approximate surface area is 99.5 Å². The van der Waals surface area contributed by atoms with Crippen molar-refractivity contribution < 1.29 is 14.4 Å². The molecule has 1 rings (SSSR count). The molecule has 0 spiro atoms. The maximum atomic E-state index is 10.7. The lowest BCUT2D eigenvalue weighted by Gasteiger charge is -2.19. The fraction of sp³-hybridized carbons (Fsp3) is 0.455. The fourth-order valence-corrected chi connectivity index (χ4v) is 1.17. The van der Waals surface area contributed by atoms with Crippen molar-refractivity contribution in [2.45, 2.75) is 19.4 Å². The van der Waals surface area contributed by atoms with E-state index in [2.05, 4.69) is 0 Å². The molecule has 0 atom stereocenters. The molecule has 0 saturated heterocycles. The second-order valence-corrected chi connectivity index (χ2v) is 4.37. The van der Waals surface area contributed by atoms with E-state index >= 15 is 0 Å². The summed E-state index contributed by atoms with van der Waals surface area (Å²) in [6.07, 6.45) is 0. The third-order valence-electron chi connectivity index (χ3n) is 1.96. The van der Waals surface area contributed by atoms with Crippen molar-refractivity contribution in [1.29, 1.82) is 0 Å². The molecule has 0 saturated carbocycles. The Morgan fingerprint density at radius 1 is 1.47 bits per heavy atom. The highest BCUT2D eigenvalue weighted by Crippen LogP contribution is 2.30. The van der Waals surface area contributed by atoms with E-state index in [0.29, 0.717) is 12.4 Å². The number of hydrogen-bond acceptors (Lipinski definition) is 5. The molecular weight excluding hydrogens is 224 g/mol. The molecule has 0 aliphatic rings. The van der Waals surface area contributed by atoms with Crippen molar-refractivity contribution in [3.63, 3.8) is 0 Å². The molecule has 2 N–H and O–H groups in total. The number of benzene rings is 1. The zero-order valence-electron chi connectivity index (χ0n) is 10.1. The van der Waals surface area contributed by atoms with E-state index in [9.17, 15) is 10.1 Å². The molecule has 0 radical (unpaired) electrons. The van der Waals surface area contributed by atoms with Gasteiger partial charge >= 0.3 is 5.69 Å². The SMILES string of the molecule is COc1cc(OCC(C)(C)N)ccc1[N+](=O)[O-]. The lowest BCUT2D eigenvalue weighted by atomic mass is 10.1. The van der Waals surface area contributed by atoms with Crippen LogP contribution in [-0.4, -0.2) is 24.2 Å². The van der Waals surface area contributed by atoms with Gasteiger partial charge in [0.25, 0.3) is 0 Å². The van der Waals surface area contributed by atoms with E-state index in [0.717, 1.165) is 0 Å². The monoisotopic (exact) mass is 240 g/mol. The molecule has 17 heavy (non-hydrogen) atoms. The maximum Gasteiger partial charge on any atom is 0.311 e. The number of nitro groups is 1. The van der Waals surface area contributed by atoms with Gasteiger partial charge in [0.15, 0.2) is 0 Å². The van der Waals surface area contributed by atoms with Crippen LogP contribution in [0.5, 0.6) is 11.5 Å². The number of ether oxygens (including phenoxy) is 2. The van der Waals surface area contributed by atoms with Gasteiger partial charge in [0.1, 0.15) is 12.4 Å². The molecule has 6 heteroatoms. The van der Waals surface area contributed by atoms with E-state index in [1.165, 1.54) is 25.3 Å². The minimum atomic E-state index is -0.504. The Balaban J connectivity index is 2.87. The molecule has 0 bridgehead atoms. The van der Waals surface area contributed by atoms with Crippen LogP contribution in [0.3, 0.4) is 0 Å². The van der Waals surface area contributed by atoms with E-state index in [1.54, 1.807) is 0 Å². The van der Waals surface area contributed by atoms with Gasteiger partial charge in [-0.25, -0.2) is 0 Å². The van der Waals surface area contributed by atoms with Crippen molar-refractivity contribution in [3.8, 4) is 11.5 Å². The smallest absolute Gasteiger partial charge is 0.311 e. The maximum absolute atomic E-state index is 10.7. The summed E-state index contributed by atoms with van der Waals surface area (Å²) >= 11 is 0. The summed E-state index contributed by atoms with van der Waals surface area (Å²) in [4.78, 5) is 10.2. The Morgan fingerprint density at radius 3 is 2.59 bits per heavy atom. The van der Waals surface area contributed by atoms with Gasteiger partial charge in [-0.05, 0) is 19.9 Å². The van der Waals surface area contributed by atoms with Crippen LogP contribution in [0.15, 0.2) is 18.2 Å². The highest BCUT2D eigenvalue weighted by molar-refractivity contribution is 5.50. The average Bonchev–Trinajstić information content (AvgIpc) is 2.24. The van der Waals surface area contributed by atoms with E-state index in [-0.39, 0.29) is 11.4 Å². The van der Waals surface area contributed by atoms with Crippen molar-refractivity contribution >= 4 is 5.69 Å². The molecule has 0 fully saturated rings. The topological polar surface area (TPSA) is 87.6 Å². The van der Waals surface area contributed by atoms with E-state index in [1.807, 2.05) is 13.8 Å². The fourth-order valence-electron chi connectivity index (χ4n) is 1.17. The molecule has 0 aromatic heterocycles. The van der Waals surface area contributed by atoms with Crippen molar-refractivity contribution in [2.75, 3.05) is 13.7 Å². The zero-order valence-corrected chi connectivity index (χ0v) is 10.1. The number of nitro benzene ring substituents is 1. The number of rotatable bonds is 5. The van der Waals surface area contributed by atoms with Crippen molar-refractivity contribution in [2.24, 2.45) is 5.73 Å². The van der Waals surface area contributed by atoms with Crippen LogP contribution < -0.4 is 15.2 Å². The quantitative estimate of drug-likeness (QED) is 0.625. The van der Waals surface area contributed by atoms with Crippen LogP contribution in [0.25, 0.3) is 0 Å². The Kier molecular flexibility index (Phi) is 3.90. The first-order valence-corrected chi connectivity index (χ1v) is 5.07. The Bertz CT molecular complexity index is 412. The van der Waals surface area contributed by atoms with Crippen LogP contribution in [0.4, 0.5) is 5.69 Å². The van der Waals surface area contributed by atoms with Gasteiger partial charge in [-0.3, -0.25) is 10.1 Å². The summed E-state index contributed by atoms with van der Waals surface area (Å²) in [5.41, 5.74) is 5.21. The van der Waals surface area contributed by atoms with Gasteiger partial charge in [0.2, 0.25) is 5.75 Å². The number of nitrogens with zero attached hydrogens (tertiary/aromatic N) is 1. The first-order chi connectivity index (χ1) is 7.83. The third kappa shape index (κ3) is 3.92. The summed E-state index contributed by atoms with van der Waals surface area (Å²) in [5.74, 6) is 0.660. The van der Waals surface area contributed by atoms with Gasteiger partial charge in [0.05, 0.1) is 12.0 Å². The molecule has 0 aliphatic heterocycles. The number of methoxy groups -OCH3 is 1. The van der Waals surface area contributed by atoms with Crippen LogP contribution >= 0.6 is 0 Å². The molecule has 94 valence electrons. The largest absolute Gasteiger partial charge is 0.492 e. The molecule has 1 aromatic rings. The van der Waals surface area contributed by atoms with Crippen molar-refractivity contribution in [3.05, 3.63) is 28.3 Å². The van der Waals surface area contributed by atoms with Gasteiger partial charge in [-0.2, -0.15) is 0 Å². The first kappa shape index (κ1) is 13.2. The van der Waals surface area contributed by atoms with Crippen LogP contribution in [-0.2, 0) is 0 Å². The highest BCUT2D eigenvalue weighted by atomic mass is 16.6. The normalized spacial score (nSPS) is 11.1. The van der Waals surface area contributed by atoms with E-state index in [4.69, 9.17) is 15.2 Å². The predicted octanol–water partition coefficient (Wildman–Crippen LogP) is 1.72. The summed E-state index contributed by atoms with van der Waals surface area (Å²) in [7, 11) is 1.37.